The van der Waals surface area contributed by atoms with Gasteiger partial charge in [0, 0.05) is 23.9 Å². The van der Waals surface area contributed by atoms with E-state index in [0.717, 1.165) is 5.56 Å². The zero-order chi connectivity index (χ0) is 27.4. The Morgan fingerprint density at radius 3 is 2.53 bits per heavy atom. The number of ether oxygens (including phenoxy) is 1. The molecule has 1 aliphatic rings. The predicted octanol–water partition coefficient (Wildman–Crippen LogP) is 5.41. The maximum atomic E-state index is 15.3. The van der Waals surface area contributed by atoms with Crippen LogP contribution in [0.2, 0.25) is 5.02 Å². The first-order valence-electron chi connectivity index (χ1n) is 12.2. The Hall–Kier alpha value is -3.90. The minimum atomic E-state index is -1.47. The monoisotopic (exact) mass is 537 g/mol. The predicted molar refractivity (Wildman–Crippen MR) is 143 cm³/mol. The summed E-state index contributed by atoms with van der Waals surface area (Å²) in [6.07, 6.45) is 1.08. The molecule has 1 fully saturated rings. The van der Waals surface area contributed by atoms with Gasteiger partial charge in [0.05, 0.1) is 23.8 Å². The van der Waals surface area contributed by atoms with Crippen molar-refractivity contribution < 1.29 is 18.7 Å². The van der Waals surface area contributed by atoms with Gasteiger partial charge in [-0.05, 0) is 57.9 Å². The van der Waals surface area contributed by atoms with E-state index < -0.39 is 29.8 Å². The van der Waals surface area contributed by atoms with Crippen LogP contribution in [0.25, 0.3) is 0 Å². The summed E-state index contributed by atoms with van der Waals surface area (Å²) in [6.45, 7) is 7.14. The fraction of sp³-hybridized carbons (Fsp3) is 0.357. The van der Waals surface area contributed by atoms with E-state index in [-0.39, 0.29) is 30.2 Å². The van der Waals surface area contributed by atoms with Crippen molar-refractivity contribution in [2.75, 3.05) is 18.4 Å². The number of nitrogens with one attached hydrogen (secondary N) is 1. The van der Waals surface area contributed by atoms with E-state index in [2.05, 4.69) is 27.2 Å². The van der Waals surface area contributed by atoms with E-state index in [1.807, 2.05) is 36.4 Å². The number of carbonyl (C=O) groups excluding carboxylic acids is 2. The molecule has 2 amide bonds. The number of nitrogens with zero attached hydrogens (tertiary/aromatic N) is 4. The third-order valence-electron chi connectivity index (χ3n) is 5.87. The Morgan fingerprint density at radius 1 is 1.16 bits per heavy atom. The minimum absolute atomic E-state index is 0.0270. The van der Waals surface area contributed by atoms with Crippen molar-refractivity contribution in [3.8, 4) is 11.8 Å². The average Bonchev–Trinajstić information content (AvgIpc) is 3.24. The summed E-state index contributed by atoms with van der Waals surface area (Å²) >= 11 is 6.30. The Morgan fingerprint density at radius 2 is 1.87 bits per heavy atom. The number of likely N-dealkylation sites (tertiary alicyclic amines) is 1. The van der Waals surface area contributed by atoms with Crippen LogP contribution < -0.4 is 5.32 Å². The lowest BCUT2D eigenvalue weighted by atomic mass is 10.0. The lowest BCUT2D eigenvalue weighted by Crippen LogP contribution is -2.47. The average molecular weight is 538 g/mol. The number of rotatable bonds is 3. The third kappa shape index (κ3) is 6.50. The van der Waals surface area contributed by atoms with Crippen LogP contribution in [0.4, 0.5) is 15.0 Å². The lowest BCUT2D eigenvalue weighted by molar-refractivity contribution is 0.00551. The fourth-order valence-corrected chi connectivity index (χ4v) is 4.29. The highest BCUT2D eigenvalue weighted by Gasteiger charge is 2.37. The van der Waals surface area contributed by atoms with Gasteiger partial charge in [-0.1, -0.05) is 41.6 Å². The molecule has 0 bridgehead atoms. The Bertz CT molecular complexity index is 1390. The number of halogens is 2. The summed E-state index contributed by atoms with van der Waals surface area (Å²) in [5.41, 5.74) is 1.63. The van der Waals surface area contributed by atoms with Crippen LogP contribution in [0, 0.1) is 18.8 Å². The summed E-state index contributed by atoms with van der Waals surface area (Å²) in [4.78, 5) is 31.3. The molecule has 8 nitrogen and oxygen atoms in total. The lowest BCUT2D eigenvalue weighted by Gasteiger charge is -2.36. The highest BCUT2D eigenvalue weighted by atomic mass is 35.5. The molecule has 0 saturated carbocycles. The standard InChI is InChI=1S/C28H29ClFN5O3/c1-18-14-20(11-10-19-8-6-5-7-9-19)15-31-25(18)33-26(36)24-21(29)16-32-35(24)23-12-13-34(17-22(23)30)27(37)38-28(2,3)4/h5-9,14-16,22-23H,12-13,17H2,1-4H3,(H,31,33,36)/t22-,23+/m1/s1. The molecule has 2 aromatic heterocycles. The van der Waals surface area contributed by atoms with E-state index in [4.69, 9.17) is 16.3 Å². The number of anilines is 1. The zero-order valence-electron chi connectivity index (χ0n) is 21.7. The van der Waals surface area contributed by atoms with Gasteiger partial charge in [-0.25, -0.2) is 14.2 Å². The molecule has 0 unspecified atom stereocenters. The minimum Gasteiger partial charge on any atom is -0.444 e. The van der Waals surface area contributed by atoms with Crippen molar-refractivity contribution in [1.82, 2.24) is 19.7 Å². The van der Waals surface area contributed by atoms with E-state index in [1.54, 1.807) is 33.9 Å². The maximum Gasteiger partial charge on any atom is 0.410 e. The largest absolute Gasteiger partial charge is 0.444 e. The normalized spacial score (nSPS) is 17.4. The van der Waals surface area contributed by atoms with Crippen LogP contribution in [-0.2, 0) is 4.74 Å². The van der Waals surface area contributed by atoms with Gasteiger partial charge in [0.2, 0.25) is 0 Å². The molecule has 1 saturated heterocycles. The number of hydrogen-bond donors (Lipinski definition) is 1. The molecule has 1 aromatic carbocycles. The second-order valence-electron chi connectivity index (χ2n) is 10.0. The molecule has 0 spiro atoms. The zero-order valence-corrected chi connectivity index (χ0v) is 22.4. The van der Waals surface area contributed by atoms with Crippen LogP contribution in [0.3, 0.4) is 0 Å². The first kappa shape index (κ1) is 27.1. The molecule has 1 aliphatic heterocycles. The molecule has 2 atom stereocenters. The fourth-order valence-electron chi connectivity index (χ4n) is 4.07. The number of carbonyl (C=O) groups is 2. The van der Waals surface area contributed by atoms with Gasteiger partial charge in [-0.3, -0.25) is 9.48 Å². The Labute approximate surface area is 226 Å². The number of amides is 2. The van der Waals surface area contributed by atoms with Gasteiger partial charge < -0.3 is 15.0 Å². The first-order chi connectivity index (χ1) is 18.0. The molecule has 198 valence electrons. The quantitative estimate of drug-likeness (QED) is 0.451. The second-order valence-corrected chi connectivity index (χ2v) is 10.5. The van der Waals surface area contributed by atoms with Gasteiger partial charge in [-0.15, -0.1) is 0 Å². The summed E-state index contributed by atoms with van der Waals surface area (Å²) in [7, 11) is 0. The van der Waals surface area contributed by atoms with Gasteiger partial charge in [0.25, 0.3) is 5.91 Å². The van der Waals surface area contributed by atoms with Crippen molar-refractivity contribution in [1.29, 1.82) is 0 Å². The molecular weight excluding hydrogens is 509 g/mol. The maximum absolute atomic E-state index is 15.3. The summed E-state index contributed by atoms with van der Waals surface area (Å²) < 4.78 is 21.9. The molecule has 1 N–H and O–H groups in total. The third-order valence-corrected chi connectivity index (χ3v) is 6.15. The van der Waals surface area contributed by atoms with Gasteiger partial charge in [0.15, 0.2) is 0 Å². The highest BCUT2D eigenvalue weighted by Crippen LogP contribution is 2.30. The van der Waals surface area contributed by atoms with Crippen molar-refractivity contribution in [2.24, 2.45) is 0 Å². The molecule has 4 rings (SSSR count). The molecule has 38 heavy (non-hydrogen) atoms. The number of hydrogen-bond acceptors (Lipinski definition) is 5. The number of aryl methyl sites for hydroxylation is 1. The van der Waals surface area contributed by atoms with Gasteiger partial charge in [0.1, 0.15) is 23.3 Å². The van der Waals surface area contributed by atoms with Crippen molar-refractivity contribution in [2.45, 2.75) is 51.9 Å². The molecule has 10 heteroatoms. The van der Waals surface area contributed by atoms with Crippen molar-refractivity contribution in [3.63, 3.8) is 0 Å². The number of benzene rings is 1. The van der Waals surface area contributed by atoms with E-state index in [0.29, 0.717) is 16.9 Å². The van der Waals surface area contributed by atoms with Crippen LogP contribution in [-0.4, -0.2) is 56.5 Å². The van der Waals surface area contributed by atoms with Crippen molar-refractivity contribution in [3.05, 3.63) is 76.2 Å². The Balaban J connectivity index is 1.47. The van der Waals surface area contributed by atoms with Crippen molar-refractivity contribution >= 4 is 29.4 Å². The number of aromatic nitrogens is 3. The summed E-state index contributed by atoms with van der Waals surface area (Å²) in [6, 6.07) is 10.6. The van der Waals surface area contributed by atoms with Crippen LogP contribution in [0.15, 0.2) is 48.8 Å². The molecule has 0 radical (unpaired) electrons. The molecule has 0 aliphatic carbocycles. The number of piperidine rings is 1. The first-order valence-corrected chi connectivity index (χ1v) is 12.6. The smallest absolute Gasteiger partial charge is 0.410 e. The second kappa shape index (κ2) is 11.2. The van der Waals surface area contributed by atoms with E-state index in [9.17, 15) is 9.59 Å². The number of pyridine rings is 1. The molecule has 3 aromatic rings. The summed E-state index contributed by atoms with van der Waals surface area (Å²) in [5.74, 6) is 5.91. The molecule has 3 heterocycles. The Kier molecular flexibility index (Phi) is 8.02. The van der Waals surface area contributed by atoms with E-state index in [1.165, 1.54) is 15.8 Å². The summed E-state index contributed by atoms with van der Waals surface area (Å²) in [5, 5.41) is 7.02. The topological polar surface area (TPSA) is 89.4 Å². The van der Waals surface area contributed by atoms with Crippen LogP contribution >= 0.6 is 11.6 Å². The molecular formula is C28H29ClFN5O3. The van der Waals surface area contributed by atoms with Gasteiger partial charge >= 0.3 is 6.09 Å². The van der Waals surface area contributed by atoms with Crippen LogP contribution in [0.5, 0.6) is 0 Å². The SMILES string of the molecule is Cc1cc(C#Cc2ccccc2)cnc1NC(=O)c1c(Cl)cnn1[C@H]1CCN(C(=O)OC(C)(C)C)C[C@H]1F. The number of alkyl halides is 1. The highest BCUT2D eigenvalue weighted by molar-refractivity contribution is 6.34. The van der Waals surface area contributed by atoms with E-state index >= 15 is 4.39 Å². The van der Waals surface area contributed by atoms with Gasteiger partial charge in [-0.2, -0.15) is 5.10 Å². The van der Waals surface area contributed by atoms with Crippen LogP contribution in [0.1, 0.15) is 60.4 Å².